The van der Waals surface area contributed by atoms with Gasteiger partial charge in [-0.1, -0.05) is 6.92 Å². The molecule has 0 fully saturated rings. The van der Waals surface area contributed by atoms with E-state index in [1.54, 1.807) is 4.52 Å². The summed E-state index contributed by atoms with van der Waals surface area (Å²) in [6.45, 7) is 3.95. The number of hydrogen-bond donors (Lipinski definition) is 1. The highest BCUT2D eigenvalue weighted by Crippen LogP contribution is 2.11. The first-order valence-electron chi connectivity index (χ1n) is 4.67. The summed E-state index contributed by atoms with van der Waals surface area (Å²) >= 11 is 0. The van der Waals surface area contributed by atoms with E-state index >= 15 is 0 Å². The molecule has 0 aromatic carbocycles. The first kappa shape index (κ1) is 9.08. The highest BCUT2D eigenvalue weighted by molar-refractivity contribution is 5.36. The van der Waals surface area contributed by atoms with Gasteiger partial charge in [-0.15, -0.1) is 10.2 Å². The van der Waals surface area contributed by atoms with Crippen molar-refractivity contribution in [3.05, 3.63) is 23.7 Å². The number of aryl methyl sites for hydroxylation is 1. The lowest BCUT2D eigenvalue weighted by Crippen LogP contribution is -2.14. The van der Waals surface area contributed by atoms with E-state index in [2.05, 4.69) is 15.3 Å². The fourth-order valence-electron chi connectivity index (χ4n) is 1.31. The normalized spacial score (nSPS) is 13.4. The van der Waals surface area contributed by atoms with Crippen molar-refractivity contribution in [2.75, 3.05) is 0 Å². The molecule has 2 heterocycles. The van der Waals surface area contributed by atoms with Crippen LogP contribution in [0.5, 0.6) is 0 Å². The van der Waals surface area contributed by atoms with Crippen molar-refractivity contribution >= 4 is 5.65 Å². The second kappa shape index (κ2) is 3.34. The number of nitrogens with zero attached hydrogens (tertiary/aromatic N) is 4. The molecule has 74 valence electrons. The smallest absolute Gasteiger partial charge is 0.177 e. The largest absolute Gasteiger partial charge is 0.321 e. The number of nitrogens with two attached hydrogens (primary N) is 1. The predicted molar refractivity (Wildman–Crippen MR) is 52.7 cm³/mol. The molecule has 0 aliphatic heterocycles. The Balaban J connectivity index is 2.61. The van der Waals surface area contributed by atoms with Gasteiger partial charge in [-0.05, 0) is 25.5 Å². The van der Waals surface area contributed by atoms with Crippen LogP contribution < -0.4 is 5.73 Å². The van der Waals surface area contributed by atoms with Crippen LogP contribution in [0.3, 0.4) is 0 Å². The first-order valence-corrected chi connectivity index (χ1v) is 4.67. The zero-order valence-electron chi connectivity index (χ0n) is 8.31. The second-order valence-corrected chi connectivity index (χ2v) is 3.32. The molecule has 14 heavy (non-hydrogen) atoms. The Bertz CT molecular complexity index is 447. The summed E-state index contributed by atoms with van der Waals surface area (Å²) in [4.78, 5) is 0. The van der Waals surface area contributed by atoms with Gasteiger partial charge in [-0.25, -0.2) is 0 Å². The summed E-state index contributed by atoms with van der Waals surface area (Å²) in [6, 6.07) is 3.70. The van der Waals surface area contributed by atoms with Crippen LogP contribution in [0.4, 0.5) is 0 Å². The van der Waals surface area contributed by atoms with Crippen molar-refractivity contribution in [3.63, 3.8) is 0 Å². The number of hydrogen-bond acceptors (Lipinski definition) is 4. The molecule has 2 N–H and O–H groups in total. The highest BCUT2D eigenvalue weighted by atomic mass is 15.4. The van der Waals surface area contributed by atoms with E-state index in [4.69, 9.17) is 5.73 Å². The van der Waals surface area contributed by atoms with Gasteiger partial charge >= 0.3 is 0 Å². The highest BCUT2D eigenvalue weighted by Gasteiger charge is 2.12. The van der Waals surface area contributed by atoms with Crippen molar-refractivity contribution in [1.82, 2.24) is 19.8 Å². The third kappa shape index (κ3) is 1.35. The SMILES string of the molecule is CCC(N)c1nnc2ccc(C)nn12. The van der Waals surface area contributed by atoms with Gasteiger partial charge in [-0.3, -0.25) is 0 Å². The van der Waals surface area contributed by atoms with Gasteiger partial charge in [-0.2, -0.15) is 9.61 Å². The molecule has 5 nitrogen and oxygen atoms in total. The zero-order chi connectivity index (χ0) is 10.1. The number of rotatable bonds is 2. The maximum absolute atomic E-state index is 5.89. The van der Waals surface area contributed by atoms with Crippen LogP contribution in [0.25, 0.3) is 5.65 Å². The molecule has 0 spiro atoms. The maximum Gasteiger partial charge on any atom is 0.177 e. The Morgan fingerprint density at radius 3 is 2.93 bits per heavy atom. The van der Waals surface area contributed by atoms with E-state index in [0.717, 1.165) is 23.6 Å². The molecule has 0 amide bonds. The van der Waals surface area contributed by atoms with Crippen LogP contribution in [0.1, 0.15) is 30.9 Å². The molecule has 2 aromatic rings. The van der Waals surface area contributed by atoms with Crippen LogP contribution in [0.2, 0.25) is 0 Å². The van der Waals surface area contributed by atoms with Gasteiger partial charge in [0, 0.05) is 0 Å². The third-order valence-electron chi connectivity index (χ3n) is 2.19. The van der Waals surface area contributed by atoms with Crippen LogP contribution in [-0.4, -0.2) is 19.8 Å². The molecular weight excluding hydrogens is 178 g/mol. The van der Waals surface area contributed by atoms with Gasteiger partial charge in [0.25, 0.3) is 0 Å². The first-order chi connectivity index (χ1) is 6.72. The minimum atomic E-state index is -0.0979. The second-order valence-electron chi connectivity index (χ2n) is 3.32. The van der Waals surface area contributed by atoms with Crippen LogP contribution in [0.15, 0.2) is 12.1 Å². The van der Waals surface area contributed by atoms with Crippen molar-refractivity contribution < 1.29 is 0 Å². The van der Waals surface area contributed by atoms with E-state index in [-0.39, 0.29) is 6.04 Å². The fourth-order valence-corrected chi connectivity index (χ4v) is 1.31. The average molecular weight is 191 g/mol. The van der Waals surface area contributed by atoms with E-state index in [1.807, 2.05) is 26.0 Å². The quantitative estimate of drug-likeness (QED) is 0.763. The molecule has 2 aromatic heterocycles. The van der Waals surface area contributed by atoms with E-state index in [1.165, 1.54) is 0 Å². The summed E-state index contributed by atoms with van der Waals surface area (Å²) in [5.74, 6) is 0.728. The summed E-state index contributed by atoms with van der Waals surface area (Å²) in [5, 5.41) is 12.3. The minimum absolute atomic E-state index is 0.0979. The van der Waals surface area contributed by atoms with Gasteiger partial charge < -0.3 is 5.73 Å². The summed E-state index contributed by atoms with van der Waals surface area (Å²) in [5.41, 5.74) is 7.57. The molecule has 0 radical (unpaired) electrons. The standard InChI is InChI=1S/C9H13N5/c1-3-7(10)9-12-11-8-5-4-6(2)13-14(8)9/h4-5,7H,3,10H2,1-2H3. The van der Waals surface area contributed by atoms with Gasteiger partial charge in [0.2, 0.25) is 0 Å². The lowest BCUT2D eigenvalue weighted by atomic mass is 10.2. The van der Waals surface area contributed by atoms with Crippen molar-refractivity contribution in [1.29, 1.82) is 0 Å². The van der Waals surface area contributed by atoms with Gasteiger partial charge in [0.05, 0.1) is 11.7 Å². The van der Waals surface area contributed by atoms with Crippen molar-refractivity contribution in [2.24, 2.45) is 5.73 Å². The molecule has 0 saturated carbocycles. The van der Waals surface area contributed by atoms with Gasteiger partial charge in [0.1, 0.15) is 0 Å². The fraction of sp³-hybridized carbons (Fsp3) is 0.444. The molecule has 1 atom stereocenters. The summed E-state index contributed by atoms with van der Waals surface area (Å²) < 4.78 is 1.71. The van der Waals surface area contributed by atoms with Crippen molar-refractivity contribution in [3.8, 4) is 0 Å². The number of aromatic nitrogens is 4. The third-order valence-corrected chi connectivity index (χ3v) is 2.19. The molecule has 2 rings (SSSR count). The van der Waals surface area contributed by atoms with Crippen LogP contribution in [-0.2, 0) is 0 Å². The molecule has 0 aliphatic rings. The summed E-state index contributed by atoms with van der Waals surface area (Å²) in [6.07, 6.45) is 0.830. The molecule has 1 unspecified atom stereocenters. The number of fused-ring (bicyclic) bond motifs is 1. The molecule has 5 heteroatoms. The topological polar surface area (TPSA) is 69.1 Å². The summed E-state index contributed by atoms with van der Waals surface area (Å²) in [7, 11) is 0. The van der Waals surface area contributed by atoms with E-state index in [9.17, 15) is 0 Å². The van der Waals surface area contributed by atoms with Gasteiger partial charge in [0.15, 0.2) is 11.5 Å². The maximum atomic E-state index is 5.89. The minimum Gasteiger partial charge on any atom is -0.321 e. The lowest BCUT2D eigenvalue weighted by molar-refractivity contribution is 0.620. The zero-order valence-corrected chi connectivity index (χ0v) is 8.31. The van der Waals surface area contributed by atoms with E-state index < -0.39 is 0 Å². The van der Waals surface area contributed by atoms with Crippen LogP contribution in [0, 0.1) is 6.92 Å². The average Bonchev–Trinajstić information content (AvgIpc) is 2.59. The Kier molecular flexibility index (Phi) is 2.17. The van der Waals surface area contributed by atoms with Crippen LogP contribution >= 0.6 is 0 Å². The molecule has 0 aliphatic carbocycles. The Labute approximate surface area is 81.9 Å². The monoisotopic (exact) mass is 191 g/mol. The molecule has 0 bridgehead atoms. The molecule has 0 saturated heterocycles. The van der Waals surface area contributed by atoms with E-state index in [0.29, 0.717) is 0 Å². The Hall–Kier alpha value is -1.49. The Morgan fingerprint density at radius 1 is 1.43 bits per heavy atom. The Morgan fingerprint density at radius 2 is 2.21 bits per heavy atom. The predicted octanol–water partition coefficient (Wildman–Crippen LogP) is 0.843. The van der Waals surface area contributed by atoms with Crippen molar-refractivity contribution in [2.45, 2.75) is 26.3 Å². The lowest BCUT2D eigenvalue weighted by Gasteiger charge is -2.05. The molecular formula is C9H13N5.